The molecular weight excluding hydrogens is 380 g/mol. The Hall–Kier alpha value is -3.68. The largest absolute Gasteiger partial charge is 0.504 e. The highest BCUT2D eigenvalue weighted by atomic mass is 16.6. The summed E-state index contributed by atoms with van der Waals surface area (Å²) in [5, 5.41) is 37.9. The van der Waals surface area contributed by atoms with Gasteiger partial charge in [-0.2, -0.15) is 0 Å². The van der Waals surface area contributed by atoms with E-state index in [1.54, 1.807) is 13.8 Å². The zero-order valence-electron chi connectivity index (χ0n) is 15.9. The molecule has 0 aliphatic heterocycles. The second kappa shape index (κ2) is 9.50. The van der Waals surface area contributed by atoms with Crippen LogP contribution in [0.25, 0.3) is 6.08 Å². The molecule has 0 radical (unpaired) electrons. The summed E-state index contributed by atoms with van der Waals surface area (Å²) < 4.78 is 10.4. The van der Waals surface area contributed by atoms with Crippen molar-refractivity contribution in [2.75, 3.05) is 0 Å². The molecule has 0 aliphatic rings. The van der Waals surface area contributed by atoms with Crippen LogP contribution in [0.3, 0.4) is 0 Å². The van der Waals surface area contributed by atoms with Crippen LogP contribution in [0.15, 0.2) is 42.5 Å². The number of ether oxygens (including phenoxy) is 2. The summed E-state index contributed by atoms with van der Waals surface area (Å²) in [4.78, 5) is 24.2. The summed E-state index contributed by atoms with van der Waals surface area (Å²) in [5.41, 5.74) is 0.736. The van der Waals surface area contributed by atoms with Gasteiger partial charge in [0, 0.05) is 6.08 Å². The first-order chi connectivity index (χ1) is 13.7. The number of esters is 2. The molecule has 2 rings (SSSR count). The minimum Gasteiger partial charge on any atom is -0.504 e. The van der Waals surface area contributed by atoms with E-state index in [-0.39, 0.29) is 29.8 Å². The van der Waals surface area contributed by atoms with Crippen LogP contribution in [-0.4, -0.2) is 38.5 Å². The molecule has 0 saturated heterocycles. The molecule has 4 N–H and O–H groups in total. The van der Waals surface area contributed by atoms with Gasteiger partial charge in [-0.3, -0.25) is 4.79 Å². The zero-order valence-corrected chi connectivity index (χ0v) is 15.9. The highest BCUT2D eigenvalue weighted by Gasteiger charge is 2.22. The van der Waals surface area contributed by atoms with Crippen LogP contribution in [0, 0.1) is 0 Å². The molecule has 8 nitrogen and oxygen atoms in total. The Morgan fingerprint density at radius 3 is 2.10 bits per heavy atom. The molecular formula is C21H22O8. The molecule has 0 aromatic heterocycles. The van der Waals surface area contributed by atoms with Gasteiger partial charge in [0.25, 0.3) is 0 Å². The Kier molecular flexibility index (Phi) is 7.08. The van der Waals surface area contributed by atoms with Crippen LogP contribution < -0.4 is 0 Å². The molecule has 0 heterocycles. The monoisotopic (exact) mass is 402 g/mol. The van der Waals surface area contributed by atoms with Crippen molar-refractivity contribution in [3.8, 4) is 23.0 Å². The number of hydrogen-bond acceptors (Lipinski definition) is 8. The van der Waals surface area contributed by atoms with E-state index in [1.807, 2.05) is 0 Å². The first-order valence-corrected chi connectivity index (χ1v) is 8.77. The van der Waals surface area contributed by atoms with E-state index in [4.69, 9.17) is 9.47 Å². The summed E-state index contributed by atoms with van der Waals surface area (Å²) in [6.07, 6.45) is 0.751. The minimum atomic E-state index is -1.06. The van der Waals surface area contributed by atoms with Crippen LogP contribution in [-0.2, 0) is 19.1 Å². The third-order valence-electron chi connectivity index (χ3n) is 3.76. The predicted octanol–water partition coefficient (Wildman–Crippen LogP) is 3.15. The van der Waals surface area contributed by atoms with Gasteiger partial charge in [-0.05, 0) is 55.3 Å². The van der Waals surface area contributed by atoms with Gasteiger partial charge in [-0.1, -0.05) is 12.1 Å². The fourth-order valence-electron chi connectivity index (χ4n) is 2.42. The van der Waals surface area contributed by atoms with Gasteiger partial charge >= 0.3 is 11.9 Å². The van der Waals surface area contributed by atoms with Gasteiger partial charge in [0.2, 0.25) is 0 Å². The Morgan fingerprint density at radius 2 is 1.52 bits per heavy atom. The Bertz CT molecular complexity index is 917. The summed E-state index contributed by atoms with van der Waals surface area (Å²) >= 11 is 0. The number of benzene rings is 2. The van der Waals surface area contributed by atoms with Gasteiger partial charge in [0.1, 0.15) is 6.10 Å². The van der Waals surface area contributed by atoms with Crippen molar-refractivity contribution >= 4 is 18.0 Å². The lowest BCUT2D eigenvalue weighted by Gasteiger charge is -2.18. The average molecular weight is 402 g/mol. The number of phenolic OH excluding ortho intramolecular Hbond substituents is 4. The highest BCUT2D eigenvalue weighted by Crippen LogP contribution is 2.31. The normalized spacial score (nSPS) is 12.1. The van der Waals surface area contributed by atoms with E-state index in [9.17, 15) is 30.0 Å². The second-order valence-corrected chi connectivity index (χ2v) is 6.50. The SMILES string of the molecule is CC(C)OC(=O)CC(OC(=O)/C=C/c1ccc(O)c(O)c1)c1ccc(O)c(O)c1. The molecule has 0 aliphatic carbocycles. The van der Waals surface area contributed by atoms with Crippen LogP contribution >= 0.6 is 0 Å². The average Bonchev–Trinajstić information content (AvgIpc) is 2.63. The fraction of sp³-hybridized carbons (Fsp3) is 0.238. The molecule has 0 amide bonds. The third-order valence-corrected chi connectivity index (χ3v) is 3.76. The van der Waals surface area contributed by atoms with E-state index in [0.29, 0.717) is 11.1 Å². The van der Waals surface area contributed by atoms with Gasteiger partial charge < -0.3 is 29.9 Å². The summed E-state index contributed by atoms with van der Waals surface area (Å²) in [7, 11) is 0. The summed E-state index contributed by atoms with van der Waals surface area (Å²) in [5.74, 6) is -2.79. The van der Waals surface area contributed by atoms with Crippen molar-refractivity contribution < 1.29 is 39.5 Å². The number of aromatic hydroxyl groups is 4. The Labute approximate surface area is 167 Å². The van der Waals surface area contributed by atoms with Gasteiger partial charge in [0.05, 0.1) is 12.5 Å². The van der Waals surface area contributed by atoms with Crippen LogP contribution in [0.4, 0.5) is 0 Å². The van der Waals surface area contributed by atoms with Crippen molar-refractivity contribution in [3.05, 3.63) is 53.6 Å². The molecule has 0 spiro atoms. The van der Waals surface area contributed by atoms with Crippen molar-refractivity contribution in [2.24, 2.45) is 0 Å². The number of carbonyl (C=O) groups is 2. The standard InChI is InChI=1S/C21H22O8/c1-12(2)28-21(27)11-19(14-5-7-16(23)18(25)10-14)29-20(26)8-4-13-3-6-15(22)17(24)9-13/h3-10,12,19,22-25H,11H2,1-2H3/b8-4+. The number of phenols is 4. The molecule has 0 fully saturated rings. The second-order valence-electron chi connectivity index (χ2n) is 6.50. The maximum atomic E-state index is 12.2. The van der Waals surface area contributed by atoms with E-state index in [2.05, 4.69) is 0 Å². The maximum absolute atomic E-state index is 12.2. The topological polar surface area (TPSA) is 134 Å². The maximum Gasteiger partial charge on any atom is 0.331 e. The first-order valence-electron chi connectivity index (χ1n) is 8.77. The van der Waals surface area contributed by atoms with Crippen LogP contribution in [0.1, 0.15) is 37.5 Å². The minimum absolute atomic E-state index is 0.290. The smallest absolute Gasteiger partial charge is 0.331 e. The number of rotatable bonds is 7. The van der Waals surface area contributed by atoms with Crippen LogP contribution in [0.2, 0.25) is 0 Å². The van der Waals surface area contributed by atoms with Crippen molar-refractivity contribution in [3.63, 3.8) is 0 Å². The third kappa shape index (κ3) is 6.46. The molecule has 1 atom stereocenters. The summed E-state index contributed by atoms with van der Waals surface area (Å²) in [6.45, 7) is 3.36. The highest BCUT2D eigenvalue weighted by molar-refractivity contribution is 5.87. The van der Waals surface area contributed by atoms with E-state index < -0.39 is 23.8 Å². The zero-order chi connectivity index (χ0) is 21.6. The fourth-order valence-corrected chi connectivity index (χ4v) is 2.42. The van der Waals surface area contributed by atoms with Gasteiger partial charge in [-0.25, -0.2) is 4.79 Å². The van der Waals surface area contributed by atoms with E-state index in [0.717, 1.165) is 6.08 Å². The quantitative estimate of drug-likeness (QED) is 0.315. The number of hydrogen-bond donors (Lipinski definition) is 4. The lowest BCUT2D eigenvalue weighted by atomic mass is 10.1. The van der Waals surface area contributed by atoms with Gasteiger partial charge in [0.15, 0.2) is 23.0 Å². The number of carbonyl (C=O) groups excluding carboxylic acids is 2. The van der Waals surface area contributed by atoms with Crippen molar-refractivity contribution in [1.82, 2.24) is 0 Å². The van der Waals surface area contributed by atoms with E-state index in [1.165, 1.54) is 42.5 Å². The Morgan fingerprint density at radius 1 is 0.897 bits per heavy atom. The van der Waals surface area contributed by atoms with Crippen molar-refractivity contribution in [2.45, 2.75) is 32.5 Å². The molecule has 154 valence electrons. The molecule has 8 heteroatoms. The lowest BCUT2D eigenvalue weighted by molar-refractivity contribution is -0.154. The van der Waals surface area contributed by atoms with Crippen molar-refractivity contribution in [1.29, 1.82) is 0 Å². The molecule has 2 aromatic rings. The predicted molar refractivity (Wildman–Crippen MR) is 103 cm³/mol. The van der Waals surface area contributed by atoms with Gasteiger partial charge in [-0.15, -0.1) is 0 Å². The molecule has 29 heavy (non-hydrogen) atoms. The Balaban J connectivity index is 2.17. The lowest BCUT2D eigenvalue weighted by Crippen LogP contribution is -2.18. The summed E-state index contributed by atoms with van der Waals surface area (Å²) in [6, 6.07) is 7.83. The van der Waals surface area contributed by atoms with Crippen LogP contribution in [0.5, 0.6) is 23.0 Å². The molecule has 0 bridgehead atoms. The molecule has 1 unspecified atom stereocenters. The molecule has 0 saturated carbocycles. The van der Waals surface area contributed by atoms with E-state index >= 15 is 0 Å². The first kappa shape index (κ1) is 21.6. The molecule has 2 aromatic carbocycles.